The van der Waals surface area contributed by atoms with Gasteiger partial charge in [0, 0.05) is 25.8 Å². The zero-order valence-electron chi connectivity index (χ0n) is 11.6. The smallest absolute Gasteiger partial charge is 0.243 e. The average Bonchev–Trinajstić information content (AvgIpc) is 2.94. The van der Waals surface area contributed by atoms with Gasteiger partial charge in [-0.2, -0.15) is 4.31 Å². The summed E-state index contributed by atoms with van der Waals surface area (Å²) in [5, 5.41) is 0. The molecule has 1 aromatic carbocycles. The maximum atomic E-state index is 13.8. The second-order valence-corrected chi connectivity index (χ2v) is 6.95. The molecule has 0 saturated carbocycles. The average molecular weight is 302 g/mol. The number of hydrogen-bond donors (Lipinski definition) is 1. The van der Waals surface area contributed by atoms with Gasteiger partial charge in [-0.1, -0.05) is 0 Å². The van der Waals surface area contributed by atoms with E-state index in [4.69, 9.17) is 10.5 Å². The second-order valence-electron chi connectivity index (χ2n) is 4.96. The van der Waals surface area contributed by atoms with Crippen LogP contribution in [-0.4, -0.2) is 39.0 Å². The van der Waals surface area contributed by atoms with Crippen LogP contribution in [0.3, 0.4) is 0 Å². The van der Waals surface area contributed by atoms with Crippen LogP contribution in [-0.2, 0) is 21.3 Å². The molecule has 2 rings (SSSR count). The molecule has 1 fully saturated rings. The lowest BCUT2D eigenvalue weighted by atomic mass is 10.1. The quantitative estimate of drug-likeness (QED) is 0.900. The summed E-state index contributed by atoms with van der Waals surface area (Å²) in [6, 6.07) is 2.48. The third-order valence-corrected chi connectivity index (χ3v) is 5.51. The van der Waals surface area contributed by atoms with Crippen LogP contribution in [0.4, 0.5) is 4.39 Å². The molecule has 20 heavy (non-hydrogen) atoms. The lowest BCUT2D eigenvalue weighted by molar-refractivity contribution is 0.181. The molecule has 7 heteroatoms. The lowest BCUT2D eigenvalue weighted by Gasteiger charge is -2.23. The molecule has 1 saturated heterocycles. The van der Waals surface area contributed by atoms with Crippen LogP contribution in [0.5, 0.6) is 0 Å². The van der Waals surface area contributed by atoms with Crippen molar-refractivity contribution < 1.29 is 17.5 Å². The Kier molecular flexibility index (Phi) is 4.43. The molecule has 1 aliphatic heterocycles. The Labute approximate surface area is 118 Å². The number of likely N-dealkylation sites (N-methyl/N-ethyl adjacent to an activating group) is 1. The summed E-state index contributed by atoms with van der Waals surface area (Å²) in [6.07, 6.45) is 0.666. The van der Waals surface area contributed by atoms with Gasteiger partial charge in [0.25, 0.3) is 0 Å². The van der Waals surface area contributed by atoms with Gasteiger partial charge in [0.05, 0.1) is 17.5 Å². The Hall–Kier alpha value is -1.02. The number of halogens is 1. The summed E-state index contributed by atoms with van der Waals surface area (Å²) in [7, 11) is -2.14. The number of nitrogens with two attached hydrogens (primary N) is 1. The van der Waals surface area contributed by atoms with Crippen molar-refractivity contribution in [1.82, 2.24) is 4.31 Å². The third-order valence-electron chi connectivity index (χ3n) is 3.62. The number of aryl methyl sites for hydroxylation is 1. The van der Waals surface area contributed by atoms with Crippen LogP contribution in [0, 0.1) is 12.7 Å². The van der Waals surface area contributed by atoms with Gasteiger partial charge in [-0.25, -0.2) is 12.8 Å². The Bertz CT molecular complexity index is 598. The molecule has 0 amide bonds. The predicted molar refractivity (Wildman–Crippen MR) is 73.2 cm³/mol. The molecule has 5 nitrogen and oxygen atoms in total. The van der Waals surface area contributed by atoms with E-state index < -0.39 is 15.8 Å². The molecule has 2 N–H and O–H groups in total. The summed E-state index contributed by atoms with van der Waals surface area (Å²) in [5.74, 6) is -0.446. The molecule has 1 atom stereocenters. The maximum Gasteiger partial charge on any atom is 0.243 e. The predicted octanol–water partition coefficient (Wildman–Crippen LogP) is 1.00. The van der Waals surface area contributed by atoms with Gasteiger partial charge in [-0.15, -0.1) is 0 Å². The minimum atomic E-state index is -3.66. The van der Waals surface area contributed by atoms with Gasteiger partial charge in [0.2, 0.25) is 10.0 Å². The fourth-order valence-corrected chi connectivity index (χ4v) is 3.78. The fourth-order valence-electron chi connectivity index (χ4n) is 2.28. The first-order valence-corrected chi connectivity index (χ1v) is 7.86. The van der Waals surface area contributed by atoms with Gasteiger partial charge in [0.15, 0.2) is 0 Å². The van der Waals surface area contributed by atoms with E-state index in [1.165, 1.54) is 30.4 Å². The van der Waals surface area contributed by atoms with E-state index in [2.05, 4.69) is 0 Å². The normalized spacial score (nSPS) is 19.8. The summed E-state index contributed by atoms with van der Waals surface area (Å²) in [5.41, 5.74) is 5.95. The molecule has 0 aliphatic carbocycles. The molecule has 0 spiro atoms. The Balaban J connectivity index is 2.41. The fraction of sp³-hybridized carbons (Fsp3) is 0.538. The summed E-state index contributed by atoms with van der Waals surface area (Å²) < 4.78 is 45.4. The van der Waals surface area contributed by atoms with Crippen molar-refractivity contribution in [3.8, 4) is 0 Å². The van der Waals surface area contributed by atoms with Crippen molar-refractivity contribution in [2.24, 2.45) is 5.73 Å². The molecule has 1 aliphatic rings. The van der Waals surface area contributed by atoms with Gasteiger partial charge >= 0.3 is 0 Å². The van der Waals surface area contributed by atoms with E-state index in [9.17, 15) is 12.8 Å². The van der Waals surface area contributed by atoms with Crippen LogP contribution in [0.15, 0.2) is 17.0 Å². The van der Waals surface area contributed by atoms with Crippen molar-refractivity contribution in [3.63, 3.8) is 0 Å². The second kappa shape index (κ2) is 5.77. The van der Waals surface area contributed by atoms with E-state index in [1.54, 1.807) is 0 Å². The molecule has 1 heterocycles. The van der Waals surface area contributed by atoms with Crippen molar-refractivity contribution in [3.05, 3.63) is 29.1 Å². The van der Waals surface area contributed by atoms with Gasteiger partial charge in [0.1, 0.15) is 5.82 Å². The molecule has 0 radical (unpaired) electrons. The number of nitrogens with zero attached hydrogens (tertiary/aromatic N) is 1. The monoisotopic (exact) mass is 302 g/mol. The zero-order valence-corrected chi connectivity index (χ0v) is 12.4. The van der Waals surface area contributed by atoms with Crippen molar-refractivity contribution in [2.75, 3.05) is 20.3 Å². The topological polar surface area (TPSA) is 72.6 Å². The highest BCUT2D eigenvalue weighted by Gasteiger charge is 2.31. The summed E-state index contributed by atoms with van der Waals surface area (Å²) >= 11 is 0. The van der Waals surface area contributed by atoms with Crippen molar-refractivity contribution in [1.29, 1.82) is 0 Å². The van der Waals surface area contributed by atoms with E-state index >= 15 is 0 Å². The van der Waals surface area contributed by atoms with Crippen molar-refractivity contribution in [2.45, 2.75) is 30.8 Å². The van der Waals surface area contributed by atoms with E-state index in [-0.39, 0.29) is 28.6 Å². The SMILES string of the molecule is Cc1cc(S(=O)(=O)N(C)C2CCOC2)cc(CN)c1F. The minimum absolute atomic E-state index is 0.0354. The molecular weight excluding hydrogens is 283 g/mol. The highest BCUT2D eigenvalue weighted by molar-refractivity contribution is 7.89. The molecule has 0 aromatic heterocycles. The highest BCUT2D eigenvalue weighted by Crippen LogP contribution is 2.24. The molecule has 1 unspecified atom stereocenters. The molecular formula is C13H19FN2O3S. The summed E-state index contributed by atoms with van der Waals surface area (Å²) in [4.78, 5) is 0.0752. The van der Waals surface area contributed by atoms with E-state index in [0.717, 1.165) is 0 Å². The lowest BCUT2D eigenvalue weighted by Crippen LogP contribution is -2.37. The highest BCUT2D eigenvalue weighted by atomic mass is 32.2. The summed E-state index contributed by atoms with van der Waals surface area (Å²) in [6.45, 7) is 2.44. The van der Waals surface area contributed by atoms with E-state index in [0.29, 0.717) is 19.6 Å². The Morgan fingerprint density at radius 1 is 1.50 bits per heavy atom. The van der Waals surface area contributed by atoms with Crippen molar-refractivity contribution >= 4 is 10.0 Å². The van der Waals surface area contributed by atoms with Crippen LogP contribution in [0.2, 0.25) is 0 Å². The number of hydrogen-bond acceptors (Lipinski definition) is 4. The Morgan fingerprint density at radius 3 is 2.75 bits per heavy atom. The molecule has 112 valence electrons. The first-order chi connectivity index (χ1) is 9.37. The van der Waals surface area contributed by atoms with Gasteiger partial charge < -0.3 is 10.5 Å². The van der Waals surface area contributed by atoms with Crippen LogP contribution < -0.4 is 5.73 Å². The Morgan fingerprint density at radius 2 is 2.20 bits per heavy atom. The largest absolute Gasteiger partial charge is 0.380 e. The standard InChI is InChI=1S/C13H19FN2O3S/c1-9-5-12(6-10(7-15)13(9)14)20(17,18)16(2)11-3-4-19-8-11/h5-6,11H,3-4,7-8,15H2,1-2H3. The number of rotatable bonds is 4. The zero-order chi connectivity index (χ0) is 14.9. The number of benzene rings is 1. The molecule has 1 aromatic rings. The minimum Gasteiger partial charge on any atom is -0.380 e. The van der Waals surface area contributed by atoms with Gasteiger partial charge in [-0.3, -0.25) is 0 Å². The molecule has 0 bridgehead atoms. The van der Waals surface area contributed by atoms with Crippen LogP contribution in [0.25, 0.3) is 0 Å². The number of ether oxygens (including phenoxy) is 1. The first-order valence-electron chi connectivity index (χ1n) is 6.42. The maximum absolute atomic E-state index is 13.8. The van der Waals surface area contributed by atoms with Crippen LogP contribution >= 0.6 is 0 Å². The first kappa shape index (κ1) is 15.4. The third kappa shape index (κ3) is 2.71. The van der Waals surface area contributed by atoms with Gasteiger partial charge in [-0.05, 0) is 31.0 Å². The van der Waals surface area contributed by atoms with Crippen LogP contribution in [0.1, 0.15) is 17.5 Å². The van der Waals surface area contributed by atoms with E-state index in [1.807, 2.05) is 0 Å². The number of sulfonamides is 1.